The molecule has 0 unspecified atom stereocenters. The minimum atomic E-state index is -3.19. The first kappa shape index (κ1) is 16.5. The van der Waals surface area contributed by atoms with Crippen LogP contribution >= 0.6 is 0 Å². The molecule has 1 aliphatic rings. The summed E-state index contributed by atoms with van der Waals surface area (Å²) in [6.07, 6.45) is 4.25. The summed E-state index contributed by atoms with van der Waals surface area (Å²) < 4.78 is 26.2. The molecule has 1 fully saturated rings. The van der Waals surface area contributed by atoms with E-state index in [1.54, 1.807) is 11.4 Å². The SMILES string of the molecule is CCCNCc1ccc(CS(=O)(=O)N(C)C2CCC2)cc1. The maximum Gasteiger partial charge on any atom is 0.218 e. The highest BCUT2D eigenvalue weighted by Gasteiger charge is 2.30. The van der Waals surface area contributed by atoms with Crippen LogP contribution in [0.3, 0.4) is 0 Å². The average Bonchev–Trinajstić information content (AvgIpc) is 2.39. The summed E-state index contributed by atoms with van der Waals surface area (Å²) in [7, 11) is -1.48. The van der Waals surface area contributed by atoms with E-state index < -0.39 is 10.0 Å². The van der Waals surface area contributed by atoms with Crippen LogP contribution in [-0.2, 0) is 22.3 Å². The maximum absolute atomic E-state index is 12.3. The van der Waals surface area contributed by atoms with Crippen LogP contribution in [0.15, 0.2) is 24.3 Å². The van der Waals surface area contributed by atoms with Crippen LogP contribution in [0.1, 0.15) is 43.7 Å². The summed E-state index contributed by atoms with van der Waals surface area (Å²) in [4.78, 5) is 0. The Hall–Kier alpha value is -0.910. The third-order valence-electron chi connectivity index (χ3n) is 4.16. The first-order valence-corrected chi connectivity index (χ1v) is 9.38. The van der Waals surface area contributed by atoms with Gasteiger partial charge in [0, 0.05) is 19.6 Å². The molecule has 0 aliphatic heterocycles. The van der Waals surface area contributed by atoms with Gasteiger partial charge in [0.25, 0.3) is 0 Å². The van der Waals surface area contributed by atoms with Gasteiger partial charge < -0.3 is 5.32 Å². The van der Waals surface area contributed by atoms with E-state index in [1.807, 2.05) is 24.3 Å². The standard InChI is InChI=1S/C16H26N2O2S/c1-3-11-17-12-14-7-9-15(10-8-14)13-21(19,20)18(2)16-5-4-6-16/h7-10,16-17H,3-6,11-13H2,1-2H3. The zero-order valence-electron chi connectivity index (χ0n) is 13.0. The quantitative estimate of drug-likeness (QED) is 0.751. The summed E-state index contributed by atoms with van der Waals surface area (Å²) in [5, 5.41) is 3.34. The topological polar surface area (TPSA) is 49.4 Å². The first-order valence-electron chi connectivity index (χ1n) is 7.77. The molecule has 0 aromatic heterocycles. The molecule has 0 bridgehead atoms. The lowest BCUT2D eigenvalue weighted by Gasteiger charge is -2.33. The van der Waals surface area contributed by atoms with Crippen LogP contribution in [0.25, 0.3) is 0 Å². The first-order chi connectivity index (χ1) is 10.0. The van der Waals surface area contributed by atoms with Crippen molar-refractivity contribution in [1.29, 1.82) is 0 Å². The Labute approximate surface area is 128 Å². The highest BCUT2D eigenvalue weighted by molar-refractivity contribution is 7.88. The van der Waals surface area contributed by atoms with Crippen molar-refractivity contribution < 1.29 is 8.42 Å². The molecule has 0 saturated heterocycles. The van der Waals surface area contributed by atoms with Crippen LogP contribution in [0.5, 0.6) is 0 Å². The van der Waals surface area contributed by atoms with Crippen molar-refractivity contribution >= 4 is 10.0 Å². The summed E-state index contributed by atoms with van der Waals surface area (Å²) in [5.41, 5.74) is 2.05. The molecule has 1 aliphatic carbocycles. The van der Waals surface area contributed by atoms with Gasteiger partial charge in [0.2, 0.25) is 10.0 Å². The molecular weight excluding hydrogens is 284 g/mol. The van der Waals surface area contributed by atoms with Gasteiger partial charge in [0.1, 0.15) is 0 Å². The molecule has 0 spiro atoms. The van der Waals surface area contributed by atoms with Crippen LogP contribution < -0.4 is 5.32 Å². The van der Waals surface area contributed by atoms with E-state index >= 15 is 0 Å². The third kappa shape index (κ3) is 4.53. The van der Waals surface area contributed by atoms with Gasteiger partial charge >= 0.3 is 0 Å². The highest BCUT2D eigenvalue weighted by Crippen LogP contribution is 2.26. The van der Waals surface area contributed by atoms with E-state index in [9.17, 15) is 8.42 Å². The van der Waals surface area contributed by atoms with Crippen LogP contribution in [0, 0.1) is 0 Å². The van der Waals surface area contributed by atoms with Crippen molar-refractivity contribution in [1.82, 2.24) is 9.62 Å². The zero-order valence-corrected chi connectivity index (χ0v) is 13.8. The molecule has 0 atom stereocenters. The lowest BCUT2D eigenvalue weighted by Crippen LogP contribution is -2.41. The average molecular weight is 310 g/mol. The molecule has 0 heterocycles. The fourth-order valence-corrected chi connectivity index (χ4v) is 3.94. The van der Waals surface area contributed by atoms with E-state index in [-0.39, 0.29) is 11.8 Å². The molecule has 118 valence electrons. The van der Waals surface area contributed by atoms with E-state index in [4.69, 9.17) is 0 Å². The van der Waals surface area contributed by atoms with Crippen molar-refractivity contribution in [2.75, 3.05) is 13.6 Å². The Balaban J connectivity index is 1.92. The number of hydrogen-bond acceptors (Lipinski definition) is 3. The molecule has 21 heavy (non-hydrogen) atoms. The molecule has 1 saturated carbocycles. The minimum absolute atomic E-state index is 0.0999. The van der Waals surface area contributed by atoms with Crippen LogP contribution in [-0.4, -0.2) is 32.4 Å². The fourth-order valence-electron chi connectivity index (χ4n) is 2.45. The lowest BCUT2D eigenvalue weighted by atomic mass is 9.94. The van der Waals surface area contributed by atoms with Crippen molar-refractivity contribution in [3.63, 3.8) is 0 Å². The Morgan fingerprint density at radius 3 is 2.33 bits per heavy atom. The molecule has 5 heteroatoms. The normalized spacial score (nSPS) is 16.1. The van der Waals surface area contributed by atoms with Gasteiger partial charge in [-0.3, -0.25) is 0 Å². The fraction of sp³-hybridized carbons (Fsp3) is 0.625. The smallest absolute Gasteiger partial charge is 0.218 e. The molecule has 0 radical (unpaired) electrons. The molecule has 2 rings (SSSR count). The molecule has 0 amide bonds. The lowest BCUT2D eigenvalue weighted by molar-refractivity contribution is 0.249. The summed E-state index contributed by atoms with van der Waals surface area (Å²) in [5.74, 6) is 0.0999. The van der Waals surface area contributed by atoms with Gasteiger partial charge in [0.05, 0.1) is 5.75 Å². The minimum Gasteiger partial charge on any atom is -0.313 e. The number of benzene rings is 1. The van der Waals surface area contributed by atoms with E-state index in [1.165, 1.54) is 5.56 Å². The largest absolute Gasteiger partial charge is 0.313 e. The number of sulfonamides is 1. The van der Waals surface area contributed by atoms with Gasteiger partial charge in [0.15, 0.2) is 0 Å². The summed E-state index contributed by atoms with van der Waals surface area (Å²) in [6.45, 7) is 3.98. The number of nitrogens with zero attached hydrogens (tertiary/aromatic N) is 1. The second kappa shape index (κ2) is 7.38. The molecule has 1 aromatic carbocycles. The zero-order chi connectivity index (χ0) is 15.3. The summed E-state index contributed by atoms with van der Waals surface area (Å²) >= 11 is 0. The van der Waals surface area contributed by atoms with Gasteiger partial charge in [-0.1, -0.05) is 37.6 Å². The monoisotopic (exact) mass is 310 g/mol. The second-order valence-corrected chi connectivity index (χ2v) is 7.88. The van der Waals surface area contributed by atoms with Crippen LogP contribution in [0.2, 0.25) is 0 Å². The number of rotatable bonds is 8. The van der Waals surface area contributed by atoms with Crippen molar-refractivity contribution in [3.05, 3.63) is 35.4 Å². The molecule has 4 nitrogen and oxygen atoms in total. The van der Waals surface area contributed by atoms with Gasteiger partial charge in [-0.25, -0.2) is 12.7 Å². The van der Waals surface area contributed by atoms with Crippen molar-refractivity contribution in [2.24, 2.45) is 0 Å². The van der Waals surface area contributed by atoms with Gasteiger partial charge in [-0.2, -0.15) is 0 Å². The van der Waals surface area contributed by atoms with E-state index in [2.05, 4.69) is 12.2 Å². The van der Waals surface area contributed by atoms with Crippen molar-refractivity contribution in [3.8, 4) is 0 Å². The van der Waals surface area contributed by atoms with Gasteiger partial charge in [-0.05, 0) is 36.9 Å². The molecule has 1 N–H and O–H groups in total. The maximum atomic E-state index is 12.3. The second-order valence-electron chi connectivity index (χ2n) is 5.85. The third-order valence-corrected chi connectivity index (χ3v) is 6.03. The predicted octanol–water partition coefficient (Wildman–Crippen LogP) is 2.50. The number of hydrogen-bond donors (Lipinski definition) is 1. The Bertz CT molecular complexity index is 536. The van der Waals surface area contributed by atoms with Crippen molar-refractivity contribution in [2.45, 2.75) is 50.9 Å². The van der Waals surface area contributed by atoms with E-state index in [0.29, 0.717) is 0 Å². The molecular formula is C16H26N2O2S. The Kier molecular flexibility index (Phi) is 5.79. The van der Waals surface area contributed by atoms with Gasteiger partial charge in [-0.15, -0.1) is 0 Å². The highest BCUT2D eigenvalue weighted by atomic mass is 32.2. The molecule has 1 aromatic rings. The number of nitrogens with one attached hydrogen (secondary N) is 1. The van der Waals surface area contributed by atoms with E-state index in [0.717, 1.165) is 44.3 Å². The summed E-state index contributed by atoms with van der Waals surface area (Å²) in [6, 6.07) is 8.09. The Morgan fingerprint density at radius 2 is 1.81 bits per heavy atom. The van der Waals surface area contributed by atoms with Crippen LogP contribution in [0.4, 0.5) is 0 Å². The Morgan fingerprint density at radius 1 is 1.19 bits per heavy atom. The predicted molar refractivity (Wildman–Crippen MR) is 86.5 cm³/mol.